The molecule has 222 valence electrons. The number of carbonyl (C=O) groups is 2. The number of aromatic hydroxyl groups is 2. The second-order valence-electron chi connectivity index (χ2n) is 9.96. The number of aryl methyl sites for hydroxylation is 2. The Bertz CT molecular complexity index is 1530. The molecule has 2 N–H and O–H groups in total. The third-order valence-electron chi connectivity index (χ3n) is 7.13. The Morgan fingerprint density at radius 3 is 1.43 bits per heavy atom. The Morgan fingerprint density at radius 1 is 0.667 bits per heavy atom. The van der Waals surface area contributed by atoms with E-state index in [1.165, 1.54) is 0 Å². The molecule has 0 atom stereocenters. The van der Waals surface area contributed by atoms with Crippen LogP contribution in [0.25, 0.3) is 21.8 Å². The van der Waals surface area contributed by atoms with Crippen LogP contribution in [0.2, 0.25) is 10.0 Å². The van der Waals surface area contributed by atoms with Crippen molar-refractivity contribution in [2.75, 3.05) is 0 Å². The molecule has 0 radical (unpaired) electrons. The van der Waals surface area contributed by atoms with Gasteiger partial charge in [-0.25, -0.2) is 0 Å². The molecule has 10 nitrogen and oxygen atoms in total. The molecule has 12 heteroatoms. The van der Waals surface area contributed by atoms with Gasteiger partial charge in [0.2, 0.25) is 11.8 Å². The van der Waals surface area contributed by atoms with Crippen LogP contribution in [-0.2, 0) is 22.7 Å². The van der Waals surface area contributed by atoms with Gasteiger partial charge in [0.05, 0.1) is 11.0 Å². The molecule has 0 bridgehead atoms. The number of hydrogen-bond donors (Lipinski definition) is 2. The molecular weight excluding hydrogens is 579 g/mol. The number of nitrogens with zero attached hydrogens (tertiary/aromatic N) is 6. The highest BCUT2D eigenvalue weighted by molar-refractivity contribution is 6.32. The van der Waals surface area contributed by atoms with Gasteiger partial charge in [0.15, 0.2) is 11.4 Å². The molecule has 2 aromatic heterocycles. The van der Waals surface area contributed by atoms with Gasteiger partial charge in [-0.3, -0.25) is 9.59 Å². The van der Waals surface area contributed by atoms with Gasteiger partial charge in [-0.1, -0.05) is 48.9 Å². The number of halogens is 2. The van der Waals surface area contributed by atoms with E-state index in [1.807, 2.05) is 13.8 Å². The predicted octanol–water partition coefficient (Wildman–Crippen LogP) is 9.40. The lowest BCUT2D eigenvalue weighted by Gasteiger charge is -2.01. The molecule has 0 aliphatic carbocycles. The summed E-state index contributed by atoms with van der Waals surface area (Å²) in [6, 6.07) is 10.5. The van der Waals surface area contributed by atoms with E-state index >= 15 is 0 Å². The van der Waals surface area contributed by atoms with Crippen molar-refractivity contribution in [1.29, 1.82) is 0 Å². The third-order valence-corrected chi connectivity index (χ3v) is 7.60. The Balaban J connectivity index is 1.16. The molecule has 0 saturated heterocycles. The number of hydrogen-bond acceptors (Lipinski definition) is 6. The molecule has 0 aliphatic rings. The van der Waals surface area contributed by atoms with Gasteiger partial charge in [0.25, 0.3) is 11.8 Å². The summed E-state index contributed by atoms with van der Waals surface area (Å²) < 4.78 is 3.38. The van der Waals surface area contributed by atoms with E-state index in [0.717, 1.165) is 36.7 Å². The van der Waals surface area contributed by atoms with Crippen molar-refractivity contribution in [2.24, 2.45) is 20.5 Å². The Labute approximate surface area is 253 Å². The zero-order valence-corrected chi connectivity index (χ0v) is 25.2. The van der Waals surface area contributed by atoms with Crippen LogP contribution >= 0.6 is 23.2 Å². The van der Waals surface area contributed by atoms with Crippen LogP contribution in [0.1, 0.15) is 65.2 Å². The number of aromatic nitrogens is 2. The summed E-state index contributed by atoms with van der Waals surface area (Å²) in [5, 5.41) is 39.1. The van der Waals surface area contributed by atoms with Crippen molar-refractivity contribution in [3.8, 4) is 11.8 Å². The van der Waals surface area contributed by atoms with Gasteiger partial charge < -0.3 is 19.3 Å². The van der Waals surface area contributed by atoms with E-state index in [1.54, 1.807) is 45.5 Å². The summed E-state index contributed by atoms with van der Waals surface area (Å²) in [5.41, 5.74) is 2.03. The molecule has 42 heavy (non-hydrogen) atoms. The van der Waals surface area contributed by atoms with E-state index in [2.05, 4.69) is 20.5 Å². The van der Waals surface area contributed by atoms with Crippen LogP contribution < -0.4 is 0 Å². The summed E-state index contributed by atoms with van der Waals surface area (Å²) in [6.45, 7) is 4.88. The summed E-state index contributed by atoms with van der Waals surface area (Å²) in [5.74, 6) is -0.780. The van der Waals surface area contributed by atoms with E-state index in [-0.39, 0.29) is 47.8 Å². The first-order chi connectivity index (χ1) is 20.2. The minimum absolute atomic E-state index is 0.0431. The fraction of sp³-hybridized carbons (Fsp3) is 0.400. The largest absolute Gasteiger partial charge is 0.493 e. The zero-order chi connectivity index (χ0) is 30.2. The molecule has 0 unspecified atom stereocenters. The van der Waals surface area contributed by atoms with Gasteiger partial charge in [0, 0.05) is 46.7 Å². The molecule has 0 spiro atoms. The van der Waals surface area contributed by atoms with Gasteiger partial charge in [-0.05, 0) is 63.1 Å². The van der Waals surface area contributed by atoms with Crippen LogP contribution in [0.5, 0.6) is 11.8 Å². The first kappa shape index (κ1) is 31.2. The lowest BCUT2D eigenvalue weighted by Crippen LogP contribution is -1.93. The molecule has 2 aromatic carbocycles. The van der Waals surface area contributed by atoms with Crippen LogP contribution in [0.4, 0.5) is 11.4 Å². The molecule has 0 saturated carbocycles. The molecule has 0 fully saturated rings. The number of fused-ring (bicyclic) bond motifs is 2. The topological polar surface area (TPSA) is 134 Å². The predicted molar refractivity (Wildman–Crippen MR) is 165 cm³/mol. The fourth-order valence-electron chi connectivity index (χ4n) is 5.00. The van der Waals surface area contributed by atoms with Crippen molar-refractivity contribution in [2.45, 2.75) is 78.3 Å². The maximum Gasteiger partial charge on any atom is 0.264 e. The Hall–Kier alpha value is -3.76. The van der Waals surface area contributed by atoms with Gasteiger partial charge in [0.1, 0.15) is 0 Å². The first-order valence-corrected chi connectivity index (χ1v) is 14.9. The van der Waals surface area contributed by atoms with Crippen LogP contribution in [0.3, 0.4) is 0 Å². The van der Waals surface area contributed by atoms with Gasteiger partial charge >= 0.3 is 0 Å². The van der Waals surface area contributed by atoms with E-state index in [9.17, 15) is 19.8 Å². The normalized spacial score (nSPS) is 12.0. The van der Waals surface area contributed by atoms with Crippen molar-refractivity contribution >= 4 is 68.2 Å². The van der Waals surface area contributed by atoms with Gasteiger partial charge in [-0.2, -0.15) is 0 Å². The van der Waals surface area contributed by atoms with Crippen LogP contribution in [0.15, 0.2) is 56.9 Å². The number of amides is 2. The molecule has 4 rings (SSSR count). The molecule has 2 amide bonds. The van der Waals surface area contributed by atoms with Gasteiger partial charge in [-0.15, -0.1) is 20.5 Å². The SMILES string of the molecule is CCn1c(O)c(N=NC(=O)CCCCCCCCC(=O)N=Nc2c(O)n(CC)c3ccc(Cl)cc23)c2cc(Cl)ccc21. The molecule has 4 aromatic rings. The molecule has 0 aliphatic heterocycles. The summed E-state index contributed by atoms with van der Waals surface area (Å²) in [6.07, 6.45) is 5.45. The molecular formula is C30H34Cl2N6O4. The highest BCUT2D eigenvalue weighted by Crippen LogP contribution is 2.41. The first-order valence-electron chi connectivity index (χ1n) is 14.2. The quantitative estimate of drug-likeness (QED) is 0.115. The fourth-order valence-corrected chi connectivity index (χ4v) is 5.34. The summed E-state index contributed by atoms with van der Waals surface area (Å²) in [7, 11) is 0. The van der Waals surface area contributed by atoms with Crippen molar-refractivity contribution < 1.29 is 19.8 Å². The van der Waals surface area contributed by atoms with E-state index < -0.39 is 0 Å². The molecule has 2 heterocycles. The number of azo groups is 2. The van der Waals surface area contributed by atoms with Crippen molar-refractivity contribution in [3.63, 3.8) is 0 Å². The lowest BCUT2D eigenvalue weighted by molar-refractivity contribution is -0.119. The second kappa shape index (κ2) is 14.4. The number of benzene rings is 2. The van der Waals surface area contributed by atoms with Crippen molar-refractivity contribution in [3.05, 3.63) is 46.4 Å². The highest BCUT2D eigenvalue weighted by atomic mass is 35.5. The maximum atomic E-state index is 12.3. The second-order valence-corrected chi connectivity index (χ2v) is 10.8. The maximum absolute atomic E-state index is 12.3. The monoisotopic (exact) mass is 612 g/mol. The van der Waals surface area contributed by atoms with E-state index in [0.29, 0.717) is 46.7 Å². The van der Waals surface area contributed by atoms with E-state index in [4.69, 9.17) is 23.2 Å². The Morgan fingerprint density at radius 2 is 1.05 bits per heavy atom. The van der Waals surface area contributed by atoms with Crippen LogP contribution in [0, 0.1) is 0 Å². The number of unbranched alkanes of at least 4 members (excludes halogenated alkanes) is 5. The smallest absolute Gasteiger partial charge is 0.264 e. The lowest BCUT2D eigenvalue weighted by atomic mass is 10.1. The van der Waals surface area contributed by atoms with Crippen LogP contribution in [-0.4, -0.2) is 31.2 Å². The van der Waals surface area contributed by atoms with Crippen molar-refractivity contribution in [1.82, 2.24) is 9.13 Å². The average Bonchev–Trinajstić information content (AvgIpc) is 3.39. The summed E-state index contributed by atoms with van der Waals surface area (Å²) >= 11 is 12.2. The minimum Gasteiger partial charge on any atom is -0.493 e. The zero-order valence-electron chi connectivity index (χ0n) is 23.7. The Kier molecular flexibility index (Phi) is 10.7. The highest BCUT2D eigenvalue weighted by Gasteiger charge is 2.18. The summed E-state index contributed by atoms with van der Waals surface area (Å²) in [4.78, 5) is 24.5. The number of rotatable bonds is 13. The number of carbonyl (C=O) groups excluding carboxylic acids is 2. The third kappa shape index (κ3) is 7.17. The average molecular weight is 614 g/mol. The minimum atomic E-state index is -0.347. The standard InChI is InChI=1S/C30H34Cl2N6O4/c1-3-37-23-15-13-19(31)17-21(23)27(29(37)41)35-33-25(39)11-9-7-5-6-8-10-12-26(40)34-36-28-22-18-20(32)14-16-24(22)38(4-2)30(28)42/h13-18,41-42H,3-12H2,1-2H3.